The summed E-state index contributed by atoms with van der Waals surface area (Å²) in [5, 5.41) is 3.50. The van der Waals surface area contributed by atoms with E-state index in [4.69, 9.17) is 33.7 Å². The highest BCUT2D eigenvalue weighted by molar-refractivity contribution is 7.18. The molecule has 1 aromatic carbocycles. The molecule has 0 aliphatic rings. The van der Waals surface area contributed by atoms with Gasteiger partial charge in [-0.15, -0.1) is 11.3 Å². The first-order valence-electron chi connectivity index (χ1n) is 7.00. The van der Waals surface area contributed by atoms with Crippen molar-refractivity contribution >= 4 is 57.3 Å². The highest BCUT2D eigenvalue weighted by Gasteiger charge is 2.25. The van der Waals surface area contributed by atoms with E-state index in [-0.39, 0.29) is 21.9 Å². The largest absolute Gasteiger partial charge is 0.465 e. The van der Waals surface area contributed by atoms with Crippen molar-refractivity contribution < 1.29 is 19.1 Å². The van der Waals surface area contributed by atoms with Crippen LogP contribution in [0.1, 0.15) is 31.2 Å². The predicted molar refractivity (Wildman–Crippen MR) is 97.7 cm³/mol. The molecule has 0 aliphatic carbocycles. The number of halogens is 2. The highest BCUT2D eigenvalue weighted by atomic mass is 35.5. The molecular formula is C16H14Cl2N2O4S. The molecule has 2 rings (SSSR count). The first kappa shape index (κ1) is 19.2. The van der Waals surface area contributed by atoms with Gasteiger partial charge in [0.15, 0.2) is 0 Å². The standard InChI is InChI=1S/C16H14Cl2N2O4S/c1-7-12(16(23)24-2)15(25-13(7)14(19)22)20-11(21)6-8-9(17)4-3-5-10(8)18/h3-5H,6H2,1-2H3,(H2,19,22)(H,20,21). The monoisotopic (exact) mass is 400 g/mol. The van der Waals surface area contributed by atoms with Gasteiger partial charge < -0.3 is 15.8 Å². The Kier molecular flexibility index (Phi) is 6.05. The number of ether oxygens (including phenoxy) is 1. The van der Waals surface area contributed by atoms with Crippen LogP contribution in [0, 0.1) is 6.92 Å². The van der Waals surface area contributed by atoms with E-state index in [1.54, 1.807) is 25.1 Å². The molecule has 6 nitrogen and oxygen atoms in total. The van der Waals surface area contributed by atoms with Crippen LogP contribution in [0.25, 0.3) is 0 Å². The molecule has 0 fully saturated rings. The fourth-order valence-corrected chi connectivity index (χ4v) is 3.81. The fourth-order valence-electron chi connectivity index (χ4n) is 2.22. The second-order valence-electron chi connectivity index (χ2n) is 5.04. The zero-order chi connectivity index (χ0) is 18.7. The Labute approximate surface area is 157 Å². The third kappa shape index (κ3) is 4.12. The van der Waals surface area contributed by atoms with Crippen molar-refractivity contribution in [2.24, 2.45) is 5.73 Å². The van der Waals surface area contributed by atoms with Crippen molar-refractivity contribution in [3.63, 3.8) is 0 Å². The molecule has 3 N–H and O–H groups in total. The van der Waals surface area contributed by atoms with Gasteiger partial charge in [0.1, 0.15) is 5.00 Å². The zero-order valence-electron chi connectivity index (χ0n) is 13.3. The number of hydrogen-bond donors (Lipinski definition) is 2. The number of thiophene rings is 1. The first-order chi connectivity index (χ1) is 11.8. The number of nitrogens with one attached hydrogen (secondary N) is 1. The summed E-state index contributed by atoms with van der Waals surface area (Å²) in [6.07, 6.45) is -0.0953. The van der Waals surface area contributed by atoms with Crippen molar-refractivity contribution in [2.45, 2.75) is 13.3 Å². The molecule has 1 aromatic heterocycles. The molecule has 0 bridgehead atoms. The Morgan fingerprint density at radius 2 is 1.84 bits per heavy atom. The number of esters is 1. The summed E-state index contributed by atoms with van der Waals surface area (Å²) in [5.41, 5.74) is 6.22. The Bertz CT molecular complexity index is 844. The number of anilines is 1. The quantitative estimate of drug-likeness (QED) is 0.750. The smallest absolute Gasteiger partial charge is 0.341 e. The van der Waals surface area contributed by atoms with Crippen LogP contribution in [0.4, 0.5) is 5.00 Å². The summed E-state index contributed by atoms with van der Waals surface area (Å²) in [4.78, 5) is 36.0. The second kappa shape index (κ2) is 7.86. The van der Waals surface area contributed by atoms with E-state index in [0.717, 1.165) is 11.3 Å². The van der Waals surface area contributed by atoms with Gasteiger partial charge in [0.25, 0.3) is 5.91 Å². The number of benzene rings is 1. The van der Waals surface area contributed by atoms with Crippen LogP contribution in [0.15, 0.2) is 18.2 Å². The molecule has 9 heteroatoms. The molecule has 25 heavy (non-hydrogen) atoms. The summed E-state index contributed by atoms with van der Waals surface area (Å²) < 4.78 is 4.71. The molecule has 0 unspecified atom stereocenters. The van der Waals surface area contributed by atoms with E-state index in [9.17, 15) is 14.4 Å². The van der Waals surface area contributed by atoms with Gasteiger partial charge in [-0.05, 0) is 30.2 Å². The Morgan fingerprint density at radius 3 is 2.36 bits per heavy atom. The molecule has 2 amide bonds. The number of nitrogens with two attached hydrogens (primary N) is 1. The van der Waals surface area contributed by atoms with Crippen LogP contribution >= 0.6 is 34.5 Å². The zero-order valence-corrected chi connectivity index (χ0v) is 15.6. The number of primary amides is 1. The molecule has 0 atom stereocenters. The summed E-state index contributed by atoms with van der Waals surface area (Å²) in [7, 11) is 1.21. The number of carbonyl (C=O) groups excluding carboxylic acids is 3. The minimum atomic E-state index is -0.692. The average molecular weight is 401 g/mol. The number of rotatable bonds is 5. The lowest BCUT2D eigenvalue weighted by Crippen LogP contribution is -2.16. The maximum Gasteiger partial charge on any atom is 0.341 e. The van der Waals surface area contributed by atoms with E-state index >= 15 is 0 Å². The van der Waals surface area contributed by atoms with Crippen molar-refractivity contribution in [2.75, 3.05) is 12.4 Å². The molecule has 1 heterocycles. The van der Waals surface area contributed by atoms with Gasteiger partial charge >= 0.3 is 5.97 Å². The second-order valence-corrected chi connectivity index (χ2v) is 6.88. The molecule has 2 aromatic rings. The van der Waals surface area contributed by atoms with Crippen LogP contribution in [0.5, 0.6) is 0 Å². The van der Waals surface area contributed by atoms with Crippen molar-refractivity contribution in [1.82, 2.24) is 0 Å². The minimum Gasteiger partial charge on any atom is -0.465 e. The van der Waals surface area contributed by atoms with Gasteiger partial charge in [0, 0.05) is 10.0 Å². The van der Waals surface area contributed by atoms with Gasteiger partial charge in [-0.25, -0.2) is 4.79 Å². The lowest BCUT2D eigenvalue weighted by molar-refractivity contribution is -0.115. The highest BCUT2D eigenvalue weighted by Crippen LogP contribution is 2.34. The van der Waals surface area contributed by atoms with E-state index in [0.29, 0.717) is 21.2 Å². The van der Waals surface area contributed by atoms with E-state index in [2.05, 4.69) is 5.32 Å². The fraction of sp³-hybridized carbons (Fsp3) is 0.188. The lowest BCUT2D eigenvalue weighted by Gasteiger charge is -2.08. The molecule has 0 saturated heterocycles. The van der Waals surface area contributed by atoms with Crippen LogP contribution in [-0.2, 0) is 16.0 Å². The first-order valence-corrected chi connectivity index (χ1v) is 8.57. The third-order valence-corrected chi connectivity index (χ3v) is 5.34. The molecule has 132 valence electrons. The van der Waals surface area contributed by atoms with Crippen molar-refractivity contribution in [1.29, 1.82) is 0 Å². The summed E-state index contributed by atoms with van der Waals surface area (Å²) in [5.74, 6) is -1.81. The van der Waals surface area contributed by atoms with Gasteiger partial charge in [0.2, 0.25) is 5.91 Å². The number of hydrogen-bond acceptors (Lipinski definition) is 5. The topological polar surface area (TPSA) is 98.5 Å². The van der Waals surface area contributed by atoms with Gasteiger partial charge in [-0.3, -0.25) is 9.59 Å². The van der Waals surface area contributed by atoms with Crippen LogP contribution in [0.2, 0.25) is 10.0 Å². The Hall–Kier alpha value is -2.09. The minimum absolute atomic E-state index is 0.0953. The van der Waals surface area contributed by atoms with Crippen LogP contribution in [-0.4, -0.2) is 24.9 Å². The number of amides is 2. The normalized spacial score (nSPS) is 10.4. The molecule has 0 spiro atoms. The predicted octanol–water partition coefficient (Wildman–Crippen LogP) is 3.43. The molecule has 0 radical (unpaired) electrons. The lowest BCUT2D eigenvalue weighted by atomic mass is 10.1. The average Bonchev–Trinajstić information content (AvgIpc) is 2.87. The molecule has 0 saturated carbocycles. The number of carbonyl (C=O) groups is 3. The number of methoxy groups -OCH3 is 1. The Morgan fingerprint density at radius 1 is 1.24 bits per heavy atom. The van der Waals surface area contributed by atoms with Crippen molar-refractivity contribution in [3.8, 4) is 0 Å². The van der Waals surface area contributed by atoms with E-state index in [1.807, 2.05) is 0 Å². The third-order valence-electron chi connectivity index (χ3n) is 3.41. The van der Waals surface area contributed by atoms with Gasteiger partial charge in [0.05, 0.1) is 24.0 Å². The Balaban J connectivity index is 2.33. The SMILES string of the molecule is COC(=O)c1c(NC(=O)Cc2c(Cl)cccc2Cl)sc(C(N)=O)c1C. The van der Waals surface area contributed by atoms with E-state index < -0.39 is 17.8 Å². The van der Waals surface area contributed by atoms with Gasteiger partial charge in [-0.2, -0.15) is 0 Å². The maximum atomic E-state index is 12.3. The van der Waals surface area contributed by atoms with Gasteiger partial charge in [-0.1, -0.05) is 29.3 Å². The maximum absolute atomic E-state index is 12.3. The van der Waals surface area contributed by atoms with Crippen LogP contribution < -0.4 is 11.1 Å². The summed E-state index contributed by atoms with van der Waals surface area (Å²) in [6, 6.07) is 4.91. The molecule has 0 aliphatic heterocycles. The van der Waals surface area contributed by atoms with E-state index in [1.165, 1.54) is 7.11 Å². The summed E-state index contributed by atoms with van der Waals surface area (Å²) >= 11 is 13.0. The molecular weight excluding hydrogens is 387 g/mol. The van der Waals surface area contributed by atoms with Crippen LogP contribution in [0.3, 0.4) is 0 Å². The van der Waals surface area contributed by atoms with Crippen molar-refractivity contribution in [3.05, 3.63) is 49.8 Å². The summed E-state index contributed by atoms with van der Waals surface area (Å²) in [6.45, 7) is 1.56.